The molecule has 1 amide bonds. The van der Waals surface area contributed by atoms with Crippen LogP contribution >= 0.6 is 0 Å². The van der Waals surface area contributed by atoms with Crippen LogP contribution in [-0.4, -0.2) is 30.8 Å². The van der Waals surface area contributed by atoms with Crippen molar-refractivity contribution in [1.82, 2.24) is 0 Å². The van der Waals surface area contributed by atoms with Gasteiger partial charge >= 0.3 is 0 Å². The third-order valence-electron chi connectivity index (χ3n) is 6.26. The van der Waals surface area contributed by atoms with Crippen LogP contribution in [0.15, 0.2) is 48.5 Å². The molecular formula is C27H37NO4. The van der Waals surface area contributed by atoms with E-state index in [4.69, 9.17) is 9.47 Å². The van der Waals surface area contributed by atoms with Gasteiger partial charge in [0.15, 0.2) is 0 Å². The van der Waals surface area contributed by atoms with E-state index < -0.39 is 0 Å². The highest BCUT2D eigenvalue weighted by Gasteiger charge is 2.31. The first-order chi connectivity index (χ1) is 15.7. The second kappa shape index (κ2) is 12.6. The number of aliphatic hydroxyl groups excluding tert-OH is 1. The number of anilines is 1. The fourth-order valence-electron chi connectivity index (χ4n) is 4.39. The molecule has 0 spiro atoms. The maximum absolute atomic E-state index is 12.4. The Morgan fingerprint density at radius 1 is 1.06 bits per heavy atom. The van der Waals surface area contributed by atoms with Crippen molar-refractivity contribution >= 4 is 11.6 Å². The van der Waals surface area contributed by atoms with Crippen LogP contribution in [0.2, 0.25) is 0 Å². The van der Waals surface area contributed by atoms with E-state index in [0.29, 0.717) is 19.4 Å². The minimum Gasteiger partial charge on any atom is -0.497 e. The summed E-state index contributed by atoms with van der Waals surface area (Å²) >= 11 is 0. The quantitative estimate of drug-likeness (QED) is 0.401. The van der Waals surface area contributed by atoms with Crippen LogP contribution in [-0.2, 0) is 16.1 Å². The van der Waals surface area contributed by atoms with Gasteiger partial charge in [0.05, 0.1) is 19.8 Å². The number of hydrogen-bond donors (Lipinski definition) is 1. The van der Waals surface area contributed by atoms with Crippen molar-refractivity contribution in [1.29, 1.82) is 0 Å². The maximum atomic E-state index is 12.4. The highest BCUT2D eigenvalue weighted by Crippen LogP contribution is 2.32. The molecule has 0 radical (unpaired) electrons. The van der Waals surface area contributed by atoms with Crippen LogP contribution in [0.5, 0.6) is 5.75 Å². The maximum Gasteiger partial charge on any atom is 0.227 e. The van der Waals surface area contributed by atoms with Crippen LogP contribution in [0, 0.1) is 0 Å². The van der Waals surface area contributed by atoms with E-state index in [0.717, 1.165) is 41.8 Å². The van der Waals surface area contributed by atoms with E-state index in [-0.39, 0.29) is 24.7 Å². The van der Waals surface area contributed by atoms with Gasteiger partial charge in [0.2, 0.25) is 5.91 Å². The van der Waals surface area contributed by atoms with Gasteiger partial charge in [0.25, 0.3) is 0 Å². The Bertz CT molecular complexity index is 819. The lowest BCUT2D eigenvalue weighted by Gasteiger charge is -2.25. The van der Waals surface area contributed by atoms with Gasteiger partial charge < -0.3 is 19.5 Å². The Morgan fingerprint density at radius 3 is 2.47 bits per heavy atom. The van der Waals surface area contributed by atoms with Crippen molar-refractivity contribution in [3.05, 3.63) is 59.7 Å². The summed E-state index contributed by atoms with van der Waals surface area (Å²) in [4.78, 5) is 14.3. The van der Waals surface area contributed by atoms with Crippen LogP contribution in [0.25, 0.3) is 0 Å². The van der Waals surface area contributed by atoms with Gasteiger partial charge in [-0.05, 0) is 54.7 Å². The molecule has 1 aliphatic rings. The van der Waals surface area contributed by atoms with Gasteiger partial charge in [-0.1, -0.05) is 56.9 Å². The number of amides is 1. The lowest BCUT2D eigenvalue weighted by molar-refractivity contribution is -0.117. The van der Waals surface area contributed by atoms with Crippen molar-refractivity contribution in [2.24, 2.45) is 0 Å². The van der Waals surface area contributed by atoms with E-state index in [2.05, 4.69) is 19.1 Å². The summed E-state index contributed by atoms with van der Waals surface area (Å²) in [6.45, 7) is 2.87. The van der Waals surface area contributed by atoms with Gasteiger partial charge in [-0.15, -0.1) is 0 Å². The molecule has 0 aromatic heterocycles. The summed E-state index contributed by atoms with van der Waals surface area (Å²) in [5.41, 5.74) is 3.18. The molecular weight excluding hydrogens is 402 g/mol. The topological polar surface area (TPSA) is 59.0 Å². The number of aliphatic hydroxyl groups is 1. The van der Waals surface area contributed by atoms with E-state index in [1.165, 1.54) is 19.3 Å². The molecule has 1 unspecified atom stereocenters. The predicted molar refractivity (Wildman–Crippen MR) is 128 cm³/mol. The zero-order chi connectivity index (χ0) is 22.8. The number of carbonyl (C=O) groups excluding carboxylic acids is 1. The van der Waals surface area contributed by atoms with Crippen molar-refractivity contribution < 1.29 is 19.4 Å². The largest absolute Gasteiger partial charge is 0.497 e. The zero-order valence-corrected chi connectivity index (χ0v) is 19.5. The van der Waals surface area contributed by atoms with Crippen molar-refractivity contribution in [2.45, 2.75) is 77.0 Å². The molecule has 1 fully saturated rings. The average molecular weight is 440 g/mol. The number of nitrogens with zero attached hydrogens (tertiary/aromatic N) is 1. The third kappa shape index (κ3) is 6.57. The first kappa shape index (κ1) is 24.3. The highest BCUT2D eigenvalue weighted by atomic mass is 16.5. The molecule has 2 aromatic rings. The lowest BCUT2D eigenvalue weighted by atomic mass is 10.0. The number of benzene rings is 2. The van der Waals surface area contributed by atoms with Crippen molar-refractivity contribution in [3.63, 3.8) is 0 Å². The van der Waals surface area contributed by atoms with Crippen molar-refractivity contribution in [3.8, 4) is 5.75 Å². The van der Waals surface area contributed by atoms with E-state index in [1.807, 2.05) is 41.3 Å². The second-order valence-corrected chi connectivity index (χ2v) is 8.56. The Balaban J connectivity index is 1.69. The molecule has 0 saturated carbocycles. The summed E-state index contributed by atoms with van der Waals surface area (Å²) in [5, 5.41) is 9.34. The van der Waals surface area contributed by atoms with E-state index in [9.17, 15) is 9.90 Å². The number of hydrogen-bond acceptors (Lipinski definition) is 4. The number of rotatable bonds is 13. The molecule has 174 valence electrons. The molecule has 5 nitrogen and oxygen atoms in total. The molecule has 0 aliphatic carbocycles. The molecule has 32 heavy (non-hydrogen) atoms. The summed E-state index contributed by atoms with van der Waals surface area (Å²) in [6.07, 6.45) is 7.78. The Hall–Kier alpha value is -2.37. The fraction of sp³-hybridized carbons (Fsp3) is 0.519. The molecule has 2 atom stereocenters. The lowest BCUT2D eigenvalue weighted by Crippen LogP contribution is -2.33. The van der Waals surface area contributed by atoms with Gasteiger partial charge in [-0.25, -0.2) is 0 Å². The van der Waals surface area contributed by atoms with Gasteiger partial charge in [-0.3, -0.25) is 4.79 Å². The molecule has 3 rings (SSSR count). The van der Waals surface area contributed by atoms with E-state index in [1.54, 1.807) is 7.11 Å². The Morgan fingerprint density at radius 2 is 1.81 bits per heavy atom. The third-order valence-corrected chi connectivity index (χ3v) is 6.26. The molecule has 2 aromatic carbocycles. The molecule has 1 N–H and O–H groups in total. The minimum absolute atomic E-state index is 0.0190. The number of unbranched alkanes of at least 4 members (excludes halogenated alkanes) is 3. The molecule has 0 bridgehead atoms. The first-order valence-corrected chi connectivity index (χ1v) is 11.9. The summed E-state index contributed by atoms with van der Waals surface area (Å²) in [6, 6.07) is 16.3. The van der Waals surface area contributed by atoms with Gasteiger partial charge in [0.1, 0.15) is 5.75 Å². The standard InChI is InChI=1S/C27H37NO4/c1-3-4-5-6-7-26(32-20-21-8-15-25(31-2)16-9-21)22-10-12-23(13-11-22)28-24(18-19-29)14-17-27(28)30/h8-13,15-16,24,26,29H,3-7,14,17-20H2,1-2H3/t24-,26?/m1/s1. The van der Waals surface area contributed by atoms with Crippen LogP contribution in [0.3, 0.4) is 0 Å². The summed E-state index contributed by atoms with van der Waals surface area (Å²) < 4.78 is 11.6. The number of ether oxygens (including phenoxy) is 2. The first-order valence-electron chi connectivity index (χ1n) is 11.9. The van der Waals surface area contributed by atoms with E-state index >= 15 is 0 Å². The van der Waals surface area contributed by atoms with Gasteiger partial charge in [0, 0.05) is 24.8 Å². The predicted octanol–water partition coefficient (Wildman–Crippen LogP) is 5.80. The Labute approximate surface area is 192 Å². The number of carbonyl (C=O) groups is 1. The monoisotopic (exact) mass is 439 g/mol. The number of methoxy groups -OCH3 is 1. The fourth-order valence-corrected chi connectivity index (χ4v) is 4.39. The van der Waals surface area contributed by atoms with Crippen LogP contribution in [0.1, 0.15) is 75.5 Å². The van der Waals surface area contributed by atoms with Crippen molar-refractivity contribution in [2.75, 3.05) is 18.6 Å². The summed E-state index contributed by atoms with van der Waals surface area (Å²) in [5.74, 6) is 0.986. The normalized spacial score (nSPS) is 17.0. The second-order valence-electron chi connectivity index (χ2n) is 8.56. The smallest absolute Gasteiger partial charge is 0.227 e. The van der Waals surface area contributed by atoms with Crippen LogP contribution in [0.4, 0.5) is 5.69 Å². The molecule has 1 aliphatic heterocycles. The minimum atomic E-state index is 0.0190. The average Bonchev–Trinajstić information content (AvgIpc) is 3.19. The molecule has 1 saturated heterocycles. The highest BCUT2D eigenvalue weighted by molar-refractivity contribution is 5.96. The molecule has 1 heterocycles. The SMILES string of the molecule is CCCCCCC(OCc1ccc(OC)cc1)c1ccc(N2C(=O)CC[C@@H]2CCO)cc1. The molecule has 5 heteroatoms. The summed E-state index contributed by atoms with van der Waals surface area (Å²) in [7, 11) is 1.67. The zero-order valence-electron chi connectivity index (χ0n) is 19.5. The van der Waals surface area contributed by atoms with Crippen LogP contribution < -0.4 is 9.64 Å². The Kier molecular flexibility index (Phi) is 9.57. The van der Waals surface area contributed by atoms with Gasteiger partial charge in [-0.2, -0.15) is 0 Å².